The summed E-state index contributed by atoms with van der Waals surface area (Å²) in [5.41, 5.74) is 7.15. The molecular formula is C12H13ClN4OS2. The molecule has 1 aromatic carbocycles. The van der Waals surface area contributed by atoms with E-state index in [0.29, 0.717) is 20.2 Å². The molecule has 5 nitrogen and oxygen atoms in total. The Labute approximate surface area is 129 Å². The van der Waals surface area contributed by atoms with Gasteiger partial charge in [-0.05, 0) is 31.5 Å². The van der Waals surface area contributed by atoms with Gasteiger partial charge in [0.05, 0.1) is 5.25 Å². The van der Waals surface area contributed by atoms with Crippen molar-refractivity contribution in [3.8, 4) is 0 Å². The predicted molar refractivity (Wildman–Crippen MR) is 84.5 cm³/mol. The highest BCUT2D eigenvalue weighted by atomic mass is 35.5. The Hall–Kier alpha value is -1.31. The SMILES string of the molecule is Cc1ccc(NC(=O)[C@@H](C)Sc2nnc(N)s2)cc1Cl. The van der Waals surface area contributed by atoms with Crippen LogP contribution in [0.5, 0.6) is 0 Å². The minimum Gasteiger partial charge on any atom is -0.374 e. The van der Waals surface area contributed by atoms with E-state index in [2.05, 4.69) is 15.5 Å². The van der Waals surface area contributed by atoms with E-state index in [1.165, 1.54) is 23.1 Å². The van der Waals surface area contributed by atoms with Gasteiger partial charge in [0, 0.05) is 10.7 Å². The van der Waals surface area contributed by atoms with Crippen molar-refractivity contribution in [2.45, 2.75) is 23.4 Å². The normalized spacial score (nSPS) is 12.2. The van der Waals surface area contributed by atoms with Crippen LogP contribution in [0.1, 0.15) is 12.5 Å². The number of aromatic nitrogens is 2. The molecule has 0 fully saturated rings. The zero-order chi connectivity index (χ0) is 14.7. The molecule has 1 amide bonds. The maximum atomic E-state index is 12.1. The van der Waals surface area contributed by atoms with Crippen molar-refractivity contribution in [1.82, 2.24) is 10.2 Å². The van der Waals surface area contributed by atoms with Gasteiger partial charge in [0.1, 0.15) is 0 Å². The Balaban J connectivity index is 1.98. The van der Waals surface area contributed by atoms with E-state index in [9.17, 15) is 4.79 Å². The molecule has 0 spiro atoms. The van der Waals surface area contributed by atoms with Crippen LogP contribution in [-0.2, 0) is 4.79 Å². The van der Waals surface area contributed by atoms with E-state index in [1.807, 2.05) is 19.1 Å². The lowest BCUT2D eigenvalue weighted by Crippen LogP contribution is -2.22. The number of hydrogen-bond donors (Lipinski definition) is 2. The lowest BCUT2D eigenvalue weighted by Gasteiger charge is -2.11. The second-order valence-corrected chi connectivity index (χ2v) is 7.12. The lowest BCUT2D eigenvalue weighted by molar-refractivity contribution is -0.115. The molecule has 0 saturated heterocycles. The molecule has 1 atom stereocenters. The van der Waals surface area contributed by atoms with Crippen LogP contribution in [0, 0.1) is 6.92 Å². The van der Waals surface area contributed by atoms with Crippen molar-refractivity contribution in [3.05, 3.63) is 28.8 Å². The number of nitrogens with two attached hydrogens (primary N) is 1. The Bertz CT molecular complexity index is 632. The van der Waals surface area contributed by atoms with Gasteiger partial charge in [0.15, 0.2) is 4.34 Å². The fourth-order valence-corrected chi connectivity index (χ4v) is 3.35. The van der Waals surface area contributed by atoms with Crippen molar-refractivity contribution < 1.29 is 4.79 Å². The molecule has 0 aliphatic rings. The van der Waals surface area contributed by atoms with Gasteiger partial charge in [0.2, 0.25) is 11.0 Å². The largest absolute Gasteiger partial charge is 0.374 e. The van der Waals surface area contributed by atoms with E-state index in [1.54, 1.807) is 13.0 Å². The smallest absolute Gasteiger partial charge is 0.237 e. The Morgan fingerprint density at radius 3 is 2.85 bits per heavy atom. The first-order valence-corrected chi connectivity index (χ1v) is 7.86. The summed E-state index contributed by atoms with van der Waals surface area (Å²) in [6, 6.07) is 5.41. The molecule has 0 bridgehead atoms. The van der Waals surface area contributed by atoms with Gasteiger partial charge in [0.25, 0.3) is 0 Å². The summed E-state index contributed by atoms with van der Waals surface area (Å²) in [5, 5.41) is 11.1. The third-order valence-corrected chi connectivity index (χ3v) is 4.85. The molecule has 2 aromatic rings. The number of benzene rings is 1. The molecule has 20 heavy (non-hydrogen) atoms. The number of aryl methyl sites for hydroxylation is 1. The molecule has 0 unspecified atom stereocenters. The Morgan fingerprint density at radius 1 is 1.50 bits per heavy atom. The van der Waals surface area contributed by atoms with E-state index in [-0.39, 0.29) is 11.2 Å². The van der Waals surface area contributed by atoms with E-state index in [4.69, 9.17) is 17.3 Å². The first-order valence-electron chi connectivity index (χ1n) is 5.78. The molecule has 0 radical (unpaired) electrons. The standard InChI is InChI=1S/C12H13ClN4OS2/c1-6-3-4-8(5-9(6)13)15-10(18)7(2)19-12-17-16-11(14)20-12/h3-5,7H,1-2H3,(H2,14,16)(H,15,18)/t7-/m1/s1. The van der Waals surface area contributed by atoms with Gasteiger partial charge in [-0.15, -0.1) is 10.2 Å². The van der Waals surface area contributed by atoms with Gasteiger partial charge in [-0.1, -0.05) is 40.8 Å². The molecule has 1 aromatic heterocycles. The van der Waals surface area contributed by atoms with Crippen LogP contribution in [0.25, 0.3) is 0 Å². The number of amides is 1. The van der Waals surface area contributed by atoms with E-state index in [0.717, 1.165) is 5.56 Å². The monoisotopic (exact) mass is 328 g/mol. The van der Waals surface area contributed by atoms with Crippen molar-refractivity contribution >= 4 is 51.4 Å². The highest BCUT2D eigenvalue weighted by Crippen LogP contribution is 2.28. The number of anilines is 2. The molecule has 2 rings (SSSR count). The molecular weight excluding hydrogens is 316 g/mol. The van der Waals surface area contributed by atoms with Gasteiger partial charge in [-0.2, -0.15) is 0 Å². The van der Waals surface area contributed by atoms with Gasteiger partial charge < -0.3 is 11.1 Å². The number of carbonyl (C=O) groups excluding carboxylic acids is 1. The Morgan fingerprint density at radius 2 is 2.25 bits per heavy atom. The topological polar surface area (TPSA) is 80.9 Å². The number of halogens is 1. The Kier molecular flexibility index (Phi) is 4.85. The second kappa shape index (κ2) is 6.43. The average Bonchev–Trinajstić information content (AvgIpc) is 2.79. The summed E-state index contributed by atoms with van der Waals surface area (Å²) >= 11 is 8.60. The van der Waals surface area contributed by atoms with Crippen LogP contribution < -0.4 is 11.1 Å². The van der Waals surface area contributed by atoms with Crippen molar-refractivity contribution in [1.29, 1.82) is 0 Å². The summed E-state index contributed by atoms with van der Waals surface area (Å²) in [6.07, 6.45) is 0. The minimum absolute atomic E-state index is 0.122. The summed E-state index contributed by atoms with van der Waals surface area (Å²) in [6.45, 7) is 3.71. The van der Waals surface area contributed by atoms with Crippen molar-refractivity contribution in [2.24, 2.45) is 0 Å². The zero-order valence-corrected chi connectivity index (χ0v) is 13.3. The maximum Gasteiger partial charge on any atom is 0.237 e. The molecule has 106 valence electrons. The van der Waals surface area contributed by atoms with Crippen LogP contribution in [0.15, 0.2) is 22.5 Å². The summed E-state index contributed by atoms with van der Waals surface area (Å²) in [5.74, 6) is -0.122. The van der Waals surface area contributed by atoms with Gasteiger partial charge >= 0.3 is 0 Å². The molecule has 0 aliphatic heterocycles. The fourth-order valence-electron chi connectivity index (χ4n) is 1.39. The minimum atomic E-state index is -0.303. The summed E-state index contributed by atoms with van der Waals surface area (Å²) in [7, 11) is 0. The highest BCUT2D eigenvalue weighted by molar-refractivity contribution is 8.02. The van der Waals surface area contributed by atoms with Crippen LogP contribution >= 0.6 is 34.7 Å². The molecule has 0 saturated carbocycles. The van der Waals surface area contributed by atoms with Crippen molar-refractivity contribution in [2.75, 3.05) is 11.1 Å². The maximum absolute atomic E-state index is 12.1. The second-order valence-electron chi connectivity index (χ2n) is 4.12. The third-order valence-electron chi connectivity index (χ3n) is 2.51. The van der Waals surface area contributed by atoms with E-state index < -0.39 is 0 Å². The number of rotatable bonds is 4. The molecule has 3 N–H and O–H groups in total. The van der Waals surface area contributed by atoms with Crippen LogP contribution in [0.2, 0.25) is 5.02 Å². The lowest BCUT2D eigenvalue weighted by atomic mass is 10.2. The average molecular weight is 329 g/mol. The van der Waals surface area contributed by atoms with Crippen LogP contribution in [0.3, 0.4) is 0 Å². The zero-order valence-electron chi connectivity index (χ0n) is 10.9. The number of nitrogen functional groups attached to an aromatic ring is 1. The summed E-state index contributed by atoms with van der Waals surface area (Å²) in [4.78, 5) is 12.1. The number of carbonyl (C=O) groups is 1. The van der Waals surface area contributed by atoms with E-state index >= 15 is 0 Å². The fraction of sp³-hybridized carbons (Fsp3) is 0.250. The highest BCUT2D eigenvalue weighted by Gasteiger charge is 2.17. The number of thioether (sulfide) groups is 1. The predicted octanol–water partition coefficient (Wildman–Crippen LogP) is 3.20. The molecule has 1 heterocycles. The first kappa shape index (κ1) is 15.1. The quantitative estimate of drug-likeness (QED) is 0.842. The third kappa shape index (κ3) is 3.84. The van der Waals surface area contributed by atoms with Crippen LogP contribution in [0.4, 0.5) is 10.8 Å². The van der Waals surface area contributed by atoms with Crippen molar-refractivity contribution in [3.63, 3.8) is 0 Å². The first-order chi connectivity index (χ1) is 9.45. The van der Waals surface area contributed by atoms with Crippen LogP contribution in [-0.4, -0.2) is 21.4 Å². The number of nitrogens with zero attached hydrogens (tertiary/aromatic N) is 2. The summed E-state index contributed by atoms with van der Waals surface area (Å²) < 4.78 is 0.673. The number of nitrogens with one attached hydrogen (secondary N) is 1. The molecule has 8 heteroatoms. The number of hydrogen-bond acceptors (Lipinski definition) is 6. The van der Waals surface area contributed by atoms with Gasteiger partial charge in [-0.25, -0.2) is 0 Å². The molecule has 0 aliphatic carbocycles. The van der Waals surface area contributed by atoms with Gasteiger partial charge in [-0.3, -0.25) is 4.79 Å².